The average Bonchev–Trinajstić information content (AvgIpc) is 2.99. The second-order valence-corrected chi connectivity index (χ2v) is 12.0. The summed E-state index contributed by atoms with van der Waals surface area (Å²) >= 11 is 6.06. The third-order valence-corrected chi connectivity index (χ3v) is 10.1. The minimum Gasteiger partial charge on any atom is -0.379 e. The number of hydrogen-bond acceptors (Lipinski definition) is 5. The molecule has 0 radical (unpaired) electrons. The summed E-state index contributed by atoms with van der Waals surface area (Å²) < 4.78 is 65.5. The Morgan fingerprint density at radius 2 is 1.58 bits per heavy atom. The van der Waals surface area contributed by atoms with Gasteiger partial charge < -0.3 is 4.18 Å². The Bertz CT molecular complexity index is 1110. The van der Waals surface area contributed by atoms with Crippen LogP contribution in [0.15, 0.2) is 34.1 Å². The molecule has 26 heavy (non-hydrogen) atoms. The molecule has 6 nitrogen and oxygen atoms in total. The van der Waals surface area contributed by atoms with Crippen molar-refractivity contribution in [2.24, 2.45) is 0 Å². The summed E-state index contributed by atoms with van der Waals surface area (Å²) in [5, 5.41) is 0. The molecular formula is C15H11I3O6S2. The zero-order valence-electron chi connectivity index (χ0n) is 12.9. The summed E-state index contributed by atoms with van der Waals surface area (Å²) in [5.41, 5.74) is 0.936. The highest BCUT2D eigenvalue weighted by Crippen LogP contribution is 2.37. The van der Waals surface area contributed by atoms with Crippen LogP contribution in [0.25, 0.3) is 0 Å². The van der Waals surface area contributed by atoms with Crippen LogP contribution < -0.4 is 4.18 Å². The van der Waals surface area contributed by atoms with Crippen LogP contribution in [0.1, 0.15) is 17.5 Å². The van der Waals surface area contributed by atoms with E-state index in [1.807, 2.05) is 51.2 Å². The van der Waals surface area contributed by atoms with Crippen molar-refractivity contribution in [1.29, 1.82) is 0 Å². The van der Waals surface area contributed by atoms with E-state index >= 15 is 0 Å². The summed E-state index contributed by atoms with van der Waals surface area (Å²) in [6.07, 6.45) is 1.60. The van der Waals surface area contributed by atoms with Crippen LogP contribution in [0.5, 0.6) is 5.75 Å². The Kier molecular flexibility index (Phi) is 6.15. The smallest absolute Gasteiger partial charge is 0.340 e. The Morgan fingerprint density at radius 3 is 2.23 bits per heavy atom. The van der Waals surface area contributed by atoms with Gasteiger partial charge in [-0.05, 0) is 117 Å². The molecule has 0 spiro atoms. The van der Waals surface area contributed by atoms with E-state index in [4.69, 9.17) is 4.18 Å². The summed E-state index contributed by atoms with van der Waals surface area (Å²) in [4.78, 5) is -0.117. The van der Waals surface area contributed by atoms with E-state index in [0.29, 0.717) is 34.0 Å². The molecule has 3 rings (SSSR count). The Hall–Kier alpha value is 0.290. The molecule has 2 aromatic rings. The molecule has 0 atom stereocenters. The van der Waals surface area contributed by atoms with Crippen molar-refractivity contribution in [2.45, 2.75) is 29.1 Å². The quantitative estimate of drug-likeness (QED) is 0.221. The van der Waals surface area contributed by atoms with Crippen LogP contribution >= 0.6 is 67.8 Å². The van der Waals surface area contributed by atoms with E-state index in [0.717, 1.165) is 7.14 Å². The van der Waals surface area contributed by atoms with Gasteiger partial charge in [0.25, 0.3) is 10.1 Å². The number of rotatable bonds is 4. The van der Waals surface area contributed by atoms with E-state index in [2.05, 4.69) is 22.6 Å². The predicted molar refractivity (Wildman–Crippen MR) is 121 cm³/mol. The van der Waals surface area contributed by atoms with Crippen molar-refractivity contribution in [3.63, 3.8) is 0 Å². The van der Waals surface area contributed by atoms with Crippen molar-refractivity contribution in [3.05, 3.63) is 46.1 Å². The summed E-state index contributed by atoms with van der Waals surface area (Å²) in [7, 11) is -8.45. The van der Waals surface area contributed by atoms with Gasteiger partial charge in [-0.3, -0.25) is 4.55 Å². The predicted octanol–water partition coefficient (Wildman–Crippen LogP) is 4.00. The maximum absolute atomic E-state index is 12.8. The van der Waals surface area contributed by atoms with Crippen molar-refractivity contribution in [1.82, 2.24) is 0 Å². The zero-order valence-corrected chi connectivity index (χ0v) is 21.0. The maximum atomic E-state index is 12.8. The molecule has 0 saturated carbocycles. The lowest BCUT2D eigenvalue weighted by Gasteiger charge is -2.14. The fourth-order valence-electron chi connectivity index (χ4n) is 2.84. The molecule has 0 aliphatic heterocycles. The van der Waals surface area contributed by atoms with Crippen molar-refractivity contribution < 1.29 is 25.6 Å². The number of halogens is 3. The maximum Gasteiger partial charge on any atom is 0.340 e. The second-order valence-electron chi connectivity index (χ2n) is 5.58. The van der Waals surface area contributed by atoms with Gasteiger partial charge >= 0.3 is 10.1 Å². The van der Waals surface area contributed by atoms with Crippen LogP contribution in [0.4, 0.5) is 0 Å². The third-order valence-electron chi connectivity index (χ3n) is 3.91. The molecule has 1 aliphatic carbocycles. The molecule has 0 amide bonds. The molecule has 0 unspecified atom stereocenters. The summed E-state index contributed by atoms with van der Waals surface area (Å²) in [6, 6.07) is 5.87. The van der Waals surface area contributed by atoms with Crippen LogP contribution in [0, 0.1) is 10.7 Å². The first kappa shape index (κ1) is 21.0. The Morgan fingerprint density at radius 1 is 0.923 bits per heavy atom. The fraction of sp³-hybridized carbons (Fsp3) is 0.200. The fourth-order valence-corrected chi connectivity index (χ4v) is 8.06. The standard InChI is InChI=1S/C15H11I3O6S2/c16-8-6-11(17)15(18)14(7-8)26(22,23)24-12-4-5-13(25(19,20)21)10-3-1-2-9(10)12/h4-7H,1-3H2,(H,19,20,21). The van der Waals surface area contributed by atoms with Gasteiger partial charge in [-0.1, -0.05) is 0 Å². The third kappa shape index (κ3) is 4.16. The van der Waals surface area contributed by atoms with Crippen LogP contribution in [0.2, 0.25) is 0 Å². The Balaban J connectivity index is 2.09. The molecule has 0 fully saturated rings. The van der Waals surface area contributed by atoms with Gasteiger partial charge in [0.2, 0.25) is 0 Å². The Labute approximate surface area is 192 Å². The molecule has 0 saturated heterocycles. The minimum atomic E-state index is -4.37. The normalized spacial score (nSPS) is 14.3. The van der Waals surface area contributed by atoms with Gasteiger partial charge in [0.1, 0.15) is 10.6 Å². The van der Waals surface area contributed by atoms with Gasteiger partial charge in [-0.15, -0.1) is 0 Å². The van der Waals surface area contributed by atoms with Crippen LogP contribution in [-0.4, -0.2) is 21.4 Å². The van der Waals surface area contributed by atoms with Gasteiger partial charge in [-0.2, -0.15) is 16.8 Å². The SMILES string of the molecule is O=S(=O)(O)c1ccc(OS(=O)(=O)c2cc(I)cc(I)c2I)c2c1CCC2. The van der Waals surface area contributed by atoms with E-state index in [1.54, 1.807) is 0 Å². The van der Waals surface area contributed by atoms with Gasteiger partial charge in [0, 0.05) is 16.3 Å². The van der Waals surface area contributed by atoms with Gasteiger partial charge in [0.05, 0.1) is 4.90 Å². The zero-order chi connectivity index (χ0) is 19.3. The highest BCUT2D eigenvalue weighted by Gasteiger charge is 2.29. The van der Waals surface area contributed by atoms with Crippen molar-refractivity contribution in [2.75, 3.05) is 0 Å². The topological polar surface area (TPSA) is 97.7 Å². The monoisotopic (exact) mass is 732 g/mol. The molecule has 0 heterocycles. The number of fused-ring (bicyclic) bond motifs is 1. The molecule has 0 aromatic heterocycles. The molecular weight excluding hydrogens is 721 g/mol. The van der Waals surface area contributed by atoms with E-state index in [9.17, 15) is 21.4 Å². The van der Waals surface area contributed by atoms with Crippen LogP contribution in [0.3, 0.4) is 0 Å². The van der Waals surface area contributed by atoms with Gasteiger partial charge in [0.15, 0.2) is 0 Å². The first-order valence-corrected chi connectivity index (χ1v) is 13.3. The van der Waals surface area contributed by atoms with E-state index in [1.165, 1.54) is 18.2 Å². The molecule has 11 heteroatoms. The van der Waals surface area contributed by atoms with Crippen LogP contribution in [-0.2, 0) is 33.1 Å². The first-order chi connectivity index (χ1) is 12.0. The molecule has 140 valence electrons. The molecule has 2 aromatic carbocycles. The summed E-state index contributed by atoms with van der Waals surface area (Å²) in [5.74, 6) is 0.106. The average molecular weight is 732 g/mol. The van der Waals surface area contributed by atoms with Crippen molar-refractivity contribution >= 4 is 88.0 Å². The largest absolute Gasteiger partial charge is 0.379 e. The highest BCUT2D eigenvalue weighted by atomic mass is 127. The van der Waals surface area contributed by atoms with Crippen molar-refractivity contribution in [3.8, 4) is 5.75 Å². The van der Waals surface area contributed by atoms with Gasteiger partial charge in [-0.25, -0.2) is 0 Å². The minimum absolute atomic E-state index is 0.0694. The number of hydrogen-bond donors (Lipinski definition) is 1. The molecule has 1 N–H and O–H groups in total. The molecule has 1 aliphatic rings. The second kappa shape index (κ2) is 7.61. The lowest BCUT2D eigenvalue weighted by Crippen LogP contribution is -2.14. The summed E-state index contributed by atoms with van der Waals surface area (Å²) in [6.45, 7) is 0. The molecule has 0 bridgehead atoms. The number of benzene rings is 2. The van der Waals surface area contributed by atoms with E-state index < -0.39 is 20.2 Å². The lowest BCUT2D eigenvalue weighted by atomic mass is 10.1. The van der Waals surface area contributed by atoms with E-state index in [-0.39, 0.29) is 15.5 Å². The highest BCUT2D eigenvalue weighted by molar-refractivity contribution is 14.1. The first-order valence-electron chi connectivity index (χ1n) is 7.22. The lowest BCUT2D eigenvalue weighted by molar-refractivity contribution is 0.480.